The van der Waals surface area contributed by atoms with Crippen LogP contribution in [0.4, 0.5) is 10.5 Å². The van der Waals surface area contributed by atoms with Gasteiger partial charge in [-0.3, -0.25) is 19.7 Å². The number of carboxylic acid groups (broad SMARTS) is 1. The average molecular weight is 495 g/mol. The molecule has 0 unspecified atom stereocenters. The Morgan fingerprint density at radius 3 is 2.18 bits per heavy atom. The van der Waals surface area contributed by atoms with Crippen LogP contribution in [0.3, 0.4) is 0 Å². The highest BCUT2D eigenvalue weighted by Gasteiger charge is 2.15. The second-order valence-corrected chi connectivity index (χ2v) is 7.40. The van der Waals surface area contributed by atoms with E-state index in [-0.39, 0.29) is 34.1 Å². The molecule has 174 valence electrons. The first-order valence-electron chi connectivity index (χ1n) is 9.37. The number of hydrogen-bond donors (Lipinski definition) is 4. The Labute approximate surface area is 198 Å². The highest BCUT2D eigenvalue weighted by Crippen LogP contribution is 2.31. The van der Waals surface area contributed by atoms with Crippen LogP contribution in [0.1, 0.15) is 29.3 Å². The van der Waals surface area contributed by atoms with Gasteiger partial charge in [0.25, 0.3) is 0 Å². The first-order chi connectivity index (χ1) is 15.6. The number of carbonyl (C=O) groups is 4. The molecule has 2 aromatic rings. The fraction of sp³-hybridized carbons (Fsp3) is 0.190. The highest BCUT2D eigenvalue weighted by atomic mass is 35.5. The predicted molar refractivity (Wildman–Crippen MR) is 123 cm³/mol. The van der Waals surface area contributed by atoms with Crippen molar-refractivity contribution in [1.29, 1.82) is 0 Å². The minimum absolute atomic E-state index is 0.0153. The molecule has 0 aliphatic heterocycles. The van der Waals surface area contributed by atoms with Crippen LogP contribution in [-0.4, -0.2) is 41.9 Å². The van der Waals surface area contributed by atoms with Gasteiger partial charge in [0.2, 0.25) is 17.8 Å². The van der Waals surface area contributed by atoms with E-state index in [1.807, 2.05) is 0 Å². The van der Waals surface area contributed by atoms with Gasteiger partial charge in [-0.2, -0.15) is 0 Å². The quantitative estimate of drug-likeness (QED) is 0.199. The summed E-state index contributed by atoms with van der Waals surface area (Å²) in [6.07, 6.45) is -2.09. The lowest BCUT2D eigenvalue weighted by Gasteiger charge is -2.13. The number of guanidine groups is 1. The zero-order valence-corrected chi connectivity index (χ0v) is 19.1. The SMILES string of the molecule is COc1ccc(C(=O)CC(=O)NC(=NC(=O)O)NCc2cc(Cl)c(NC(C)=O)c(Cl)c2)cc1. The lowest BCUT2D eigenvalue weighted by Crippen LogP contribution is -2.41. The van der Waals surface area contributed by atoms with Crippen molar-refractivity contribution in [3.05, 3.63) is 57.6 Å². The molecule has 0 saturated heterocycles. The fourth-order valence-corrected chi connectivity index (χ4v) is 3.24. The number of Topliss-reactive ketones (excluding diaryl/α,β-unsaturated/α-hetero) is 1. The van der Waals surface area contributed by atoms with E-state index in [0.29, 0.717) is 16.9 Å². The molecule has 0 saturated carbocycles. The maximum atomic E-state index is 12.3. The first kappa shape index (κ1) is 25.6. The Bertz CT molecular complexity index is 1080. The largest absolute Gasteiger partial charge is 0.497 e. The van der Waals surface area contributed by atoms with Crippen molar-refractivity contribution in [3.8, 4) is 5.75 Å². The van der Waals surface area contributed by atoms with Gasteiger partial charge < -0.3 is 20.5 Å². The Morgan fingerprint density at radius 2 is 1.67 bits per heavy atom. The van der Waals surface area contributed by atoms with E-state index in [0.717, 1.165) is 0 Å². The van der Waals surface area contributed by atoms with Gasteiger partial charge in [0.1, 0.15) is 5.75 Å². The van der Waals surface area contributed by atoms with Crippen molar-refractivity contribution in [2.24, 2.45) is 4.99 Å². The molecule has 0 aliphatic rings. The van der Waals surface area contributed by atoms with E-state index < -0.39 is 24.2 Å². The van der Waals surface area contributed by atoms with Gasteiger partial charge in [0, 0.05) is 19.0 Å². The number of ether oxygens (including phenoxy) is 1. The Kier molecular flexibility index (Phi) is 9.19. The van der Waals surface area contributed by atoms with Crippen LogP contribution in [-0.2, 0) is 16.1 Å². The minimum Gasteiger partial charge on any atom is -0.497 e. The Hall–Kier alpha value is -3.63. The molecule has 0 aromatic heterocycles. The van der Waals surface area contributed by atoms with Gasteiger partial charge in [0.05, 0.1) is 29.3 Å². The van der Waals surface area contributed by atoms with Gasteiger partial charge in [-0.05, 0) is 42.0 Å². The second kappa shape index (κ2) is 11.8. The highest BCUT2D eigenvalue weighted by molar-refractivity contribution is 6.39. The van der Waals surface area contributed by atoms with E-state index in [4.69, 9.17) is 33.0 Å². The minimum atomic E-state index is -1.56. The summed E-state index contributed by atoms with van der Waals surface area (Å²) >= 11 is 12.3. The molecule has 33 heavy (non-hydrogen) atoms. The topological polar surface area (TPSA) is 146 Å². The number of methoxy groups -OCH3 is 1. The molecular weight excluding hydrogens is 475 g/mol. The smallest absolute Gasteiger partial charge is 0.434 e. The third-order valence-corrected chi connectivity index (χ3v) is 4.66. The van der Waals surface area contributed by atoms with Gasteiger partial charge in [0.15, 0.2) is 5.78 Å². The number of halogens is 2. The molecule has 0 heterocycles. The van der Waals surface area contributed by atoms with Crippen LogP contribution >= 0.6 is 23.2 Å². The van der Waals surface area contributed by atoms with Crippen LogP contribution in [0.2, 0.25) is 10.0 Å². The number of anilines is 1. The van der Waals surface area contributed by atoms with Crippen molar-refractivity contribution in [3.63, 3.8) is 0 Å². The van der Waals surface area contributed by atoms with Gasteiger partial charge in [-0.25, -0.2) is 4.79 Å². The van der Waals surface area contributed by atoms with Gasteiger partial charge in [-0.1, -0.05) is 23.2 Å². The summed E-state index contributed by atoms with van der Waals surface area (Å²) < 4.78 is 5.02. The van der Waals surface area contributed by atoms with Crippen molar-refractivity contribution < 1.29 is 29.0 Å². The number of amides is 3. The van der Waals surface area contributed by atoms with E-state index in [1.165, 1.54) is 38.3 Å². The van der Waals surface area contributed by atoms with E-state index >= 15 is 0 Å². The zero-order valence-electron chi connectivity index (χ0n) is 17.6. The number of ketones is 1. The number of carbonyl (C=O) groups excluding carboxylic acids is 3. The molecular formula is C21H20Cl2N4O6. The summed E-state index contributed by atoms with van der Waals surface area (Å²) in [5.74, 6) is -1.42. The number of aliphatic imine (C=N–C) groups is 1. The molecule has 0 spiro atoms. The maximum Gasteiger partial charge on any atom is 0.434 e. The molecule has 2 aromatic carbocycles. The van der Waals surface area contributed by atoms with Crippen LogP contribution in [0.25, 0.3) is 0 Å². The molecule has 2 rings (SSSR count). The molecule has 0 bridgehead atoms. The summed E-state index contributed by atoms with van der Waals surface area (Å²) in [5, 5.41) is 16.7. The number of benzene rings is 2. The van der Waals surface area contributed by atoms with Crippen LogP contribution in [0.15, 0.2) is 41.4 Å². The van der Waals surface area contributed by atoms with Crippen molar-refractivity contribution >= 4 is 58.5 Å². The van der Waals surface area contributed by atoms with Crippen molar-refractivity contribution in [2.75, 3.05) is 12.4 Å². The predicted octanol–water partition coefficient (Wildman–Crippen LogP) is 3.47. The summed E-state index contributed by atoms with van der Waals surface area (Å²) in [7, 11) is 1.49. The van der Waals surface area contributed by atoms with E-state index in [9.17, 15) is 19.2 Å². The van der Waals surface area contributed by atoms with E-state index in [1.54, 1.807) is 12.1 Å². The molecule has 0 fully saturated rings. The summed E-state index contributed by atoms with van der Waals surface area (Å²) in [6.45, 7) is 1.29. The van der Waals surface area contributed by atoms with Gasteiger partial charge in [-0.15, -0.1) is 4.99 Å². The average Bonchev–Trinajstić information content (AvgIpc) is 2.74. The zero-order chi connectivity index (χ0) is 24.5. The normalized spacial score (nSPS) is 10.8. The molecule has 0 atom stereocenters. The molecule has 0 aliphatic carbocycles. The molecule has 12 heteroatoms. The third-order valence-electron chi connectivity index (χ3n) is 4.06. The van der Waals surface area contributed by atoms with E-state index in [2.05, 4.69) is 20.9 Å². The lowest BCUT2D eigenvalue weighted by molar-refractivity contribution is -0.119. The number of nitrogens with one attached hydrogen (secondary N) is 3. The standard InChI is InChI=1S/C21H20Cl2N4O6/c1-11(28)25-19-15(22)7-12(8-16(19)23)10-24-20(27-21(31)32)26-18(30)9-17(29)13-3-5-14(33-2)6-4-13/h3-8H,9-10H2,1-2H3,(H,25,28)(H,31,32)(H2,24,26,27,30). The summed E-state index contributed by atoms with van der Waals surface area (Å²) in [5.41, 5.74) is 1.04. The van der Waals surface area contributed by atoms with Gasteiger partial charge >= 0.3 is 6.09 Å². The maximum absolute atomic E-state index is 12.3. The van der Waals surface area contributed by atoms with Crippen LogP contribution in [0, 0.1) is 0 Å². The van der Waals surface area contributed by atoms with Crippen LogP contribution in [0.5, 0.6) is 5.75 Å². The number of rotatable bonds is 7. The van der Waals surface area contributed by atoms with Crippen molar-refractivity contribution in [1.82, 2.24) is 10.6 Å². The summed E-state index contributed by atoms with van der Waals surface area (Å²) in [6, 6.07) is 9.18. The fourth-order valence-electron chi connectivity index (χ4n) is 2.62. The number of hydrogen-bond acceptors (Lipinski definition) is 5. The Balaban J connectivity index is 2.04. The summed E-state index contributed by atoms with van der Waals surface area (Å²) in [4.78, 5) is 50.1. The number of nitrogens with zero attached hydrogens (tertiary/aromatic N) is 1. The second-order valence-electron chi connectivity index (χ2n) is 6.59. The monoisotopic (exact) mass is 494 g/mol. The molecule has 4 N–H and O–H groups in total. The van der Waals surface area contributed by atoms with Crippen molar-refractivity contribution in [2.45, 2.75) is 19.9 Å². The molecule has 0 radical (unpaired) electrons. The lowest BCUT2D eigenvalue weighted by atomic mass is 10.1. The molecule has 3 amide bonds. The Morgan fingerprint density at radius 1 is 1.06 bits per heavy atom. The first-order valence-corrected chi connectivity index (χ1v) is 10.1. The molecule has 10 nitrogen and oxygen atoms in total. The van der Waals surface area contributed by atoms with Crippen LogP contribution < -0.4 is 20.7 Å². The third kappa shape index (κ3) is 8.09.